The molecule has 0 unspecified atom stereocenters. The van der Waals surface area contributed by atoms with Crippen LogP contribution in [-0.4, -0.2) is 22.4 Å². The second-order valence-corrected chi connectivity index (χ2v) is 3.83. The summed E-state index contributed by atoms with van der Waals surface area (Å²) in [5, 5.41) is 4.33. The molecule has 0 spiro atoms. The van der Waals surface area contributed by atoms with Crippen LogP contribution in [0.15, 0.2) is 29.5 Å². The van der Waals surface area contributed by atoms with E-state index in [1.165, 1.54) is 5.56 Å². The molecule has 0 aliphatic carbocycles. The van der Waals surface area contributed by atoms with Gasteiger partial charge in [0.2, 0.25) is 0 Å². The minimum absolute atomic E-state index is 0.819. The summed E-state index contributed by atoms with van der Waals surface area (Å²) >= 11 is 1.78. The van der Waals surface area contributed by atoms with E-state index in [0.717, 1.165) is 24.0 Å². The maximum Gasteiger partial charge on any atom is 0.156 e. The van der Waals surface area contributed by atoms with Crippen molar-refractivity contribution in [3.63, 3.8) is 0 Å². The van der Waals surface area contributed by atoms with Gasteiger partial charge in [0.25, 0.3) is 0 Å². The molecule has 0 aromatic carbocycles. The van der Waals surface area contributed by atoms with E-state index < -0.39 is 0 Å². The number of thioether (sulfide) groups is 1. The van der Waals surface area contributed by atoms with Crippen LogP contribution in [0.25, 0.3) is 0 Å². The van der Waals surface area contributed by atoms with Crippen molar-refractivity contribution in [1.29, 1.82) is 0 Å². The average Bonchev–Trinajstić information content (AvgIpc) is 2.69. The normalized spacial score (nSPS) is 15.5. The van der Waals surface area contributed by atoms with Crippen molar-refractivity contribution in [3.05, 3.63) is 30.1 Å². The lowest BCUT2D eigenvalue weighted by molar-refractivity contribution is 0.914. The molecule has 0 radical (unpaired) electrons. The zero-order chi connectivity index (χ0) is 8.93. The molecule has 1 aromatic heterocycles. The number of hydrogen-bond donors (Lipinski definition) is 1. The number of rotatable bonds is 2. The third-order valence-corrected chi connectivity index (χ3v) is 2.69. The molecule has 2 rings (SSSR count). The van der Waals surface area contributed by atoms with Crippen LogP contribution in [-0.2, 0) is 6.54 Å². The number of nitrogens with zero attached hydrogens (tertiary/aromatic N) is 2. The summed E-state index contributed by atoms with van der Waals surface area (Å²) in [4.78, 5) is 8.34. The van der Waals surface area contributed by atoms with Crippen molar-refractivity contribution in [2.24, 2.45) is 4.99 Å². The molecule has 1 N–H and O–H groups in total. The molecule has 2 heterocycles. The SMILES string of the molecule is c1cncc(CNC2=NCCS2)c1. The van der Waals surface area contributed by atoms with Gasteiger partial charge < -0.3 is 5.32 Å². The van der Waals surface area contributed by atoms with Gasteiger partial charge >= 0.3 is 0 Å². The summed E-state index contributed by atoms with van der Waals surface area (Å²) in [6.07, 6.45) is 3.65. The van der Waals surface area contributed by atoms with Crippen LogP contribution >= 0.6 is 11.8 Å². The molecule has 0 saturated heterocycles. The highest BCUT2D eigenvalue weighted by atomic mass is 32.2. The third kappa shape index (κ3) is 2.45. The Bertz CT molecular complexity index is 297. The topological polar surface area (TPSA) is 37.3 Å². The fourth-order valence-electron chi connectivity index (χ4n) is 1.12. The quantitative estimate of drug-likeness (QED) is 0.768. The maximum atomic E-state index is 4.30. The van der Waals surface area contributed by atoms with E-state index in [0.29, 0.717) is 0 Å². The van der Waals surface area contributed by atoms with Crippen LogP contribution in [0, 0.1) is 0 Å². The summed E-state index contributed by atoms with van der Waals surface area (Å²) in [5.74, 6) is 1.11. The Morgan fingerprint density at radius 2 is 2.54 bits per heavy atom. The number of aliphatic imine (C=N–C) groups is 1. The second-order valence-electron chi connectivity index (χ2n) is 2.75. The van der Waals surface area contributed by atoms with Gasteiger partial charge in [-0.25, -0.2) is 0 Å². The predicted molar refractivity (Wildman–Crippen MR) is 55.8 cm³/mol. The van der Waals surface area contributed by atoms with E-state index in [2.05, 4.69) is 21.4 Å². The van der Waals surface area contributed by atoms with Crippen molar-refractivity contribution in [2.75, 3.05) is 12.3 Å². The first-order valence-corrected chi connectivity index (χ1v) is 5.24. The molecule has 13 heavy (non-hydrogen) atoms. The minimum atomic E-state index is 0.819. The van der Waals surface area contributed by atoms with Crippen molar-refractivity contribution >= 4 is 16.9 Å². The fraction of sp³-hybridized carbons (Fsp3) is 0.333. The molecule has 0 amide bonds. The van der Waals surface area contributed by atoms with Crippen molar-refractivity contribution in [2.45, 2.75) is 6.54 Å². The zero-order valence-corrected chi connectivity index (χ0v) is 8.05. The first-order valence-electron chi connectivity index (χ1n) is 4.25. The monoisotopic (exact) mass is 193 g/mol. The molecule has 3 nitrogen and oxygen atoms in total. The summed E-state index contributed by atoms with van der Waals surface area (Å²) in [7, 11) is 0. The summed E-state index contributed by atoms with van der Waals surface area (Å²) in [6.45, 7) is 1.76. The van der Waals surface area contributed by atoms with Gasteiger partial charge in [0.15, 0.2) is 5.17 Å². The molecule has 4 heteroatoms. The van der Waals surface area contributed by atoms with Crippen LogP contribution < -0.4 is 5.32 Å². The van der Waals surface area contributed by atoms with E-state index in [1.54, 1.807) is 18.0 Å². The summed E-state index contributed by atoms with van der Waals surface area (Å²) < 4.78 is 0. The fourth-order valence-corrected chi connectivity index (χ4v) is 1.86. The number of nitrogens with one attached hydrogen (secondary N) is 1. The Balaban J connectivity index is 1.86. The van der Waals surface area contributed by atoms with Gasteiger partial charge in [0, 0.05) is 24.7 Å². The van der Waals surface area contributed by atoms with Crippen LogP contribution in [0.1, 0.15) is 5.56 Å². The van der Waals surface area contributed by atoms with Crippen molar-refractivity contribution < 1.29 is 0 Å². The average molecular weight is 193 g/mol. The second kappa shape index (κ2) is 4.28. The van der Waals surface area contributed by atoms with Gasteiger partial charge in [-0.3, -0.25) is 9.98 Å². The Morgan fingerprint density at radius 3 is 3.23 bits per heavy atom. The molecule has 0 saturated carbocycles. The first-order chi connectivity index (χ1) is 6.45. The van der Waals surface area contributed by atoms with Crippen LogP contribution in [0.4, 0.5) is 0 Å². The van der Waals surface area contributed by atoms with Gasteiger partial charge in [-0.2, -0.15) is 0 Å². The molecule has 1 aliphatic heterocycles. The number of amidine groups is 1. The first kappa shape index (κ1) is 8.56. The third-order valence-electron chi connectivity index (χ3n) is 1.75. The van der Waals surface area contributed by atoms with Crippen molar-refractivity contribution in [3.8, 4) is 0 Å². The number of hydrogen-bond acceptors (Lipinski definition) is 4. The van der Waals surface area contributed by atoms with E-state index in [4.69, 9.17) is 0 Å². The van der Waals surface area contributed by atoms with Gasteiger partial charge in [-0.05, 0) is 11.6 Å². The predicted octanol–water partition coefficient (Wildman–Crippen LogP) is 1.27. The highest BCUT2D eigenvalue weighted by molar-refractivity contribution is 8.14. The minimum Gasteiger partial charge on any atom is -0.361 e. The number of aromatic nitrogens is 1. The van der Waals surface area contributed by atoms with E-state index >= 15 is 0 Å². The van der Waals surface area contributed by atoms with Crippen LogP contribution in [0.3, 0.4) is 0 Å². The van der Waals surface area contributed by atoms with E-state index in [1.807, 2.05) is 12.3 Å². The van der Waals surface area contributed by atoms with Gasteiger partial charge in [0.1, 0.15) is 0 Å². The Labute approximate surface area is 81.7 Å². The Hall–Kier alpha value is -1.03. The molecular formula is C9H11N3S. The molecule has 1 aromatic rings. The van der Waals surface area contributed by atoms with E-state index in [9.17, 15) is 0 Å². The highest BCUT2D eigenvalue weighted by Crippen LogP contribution is 2.09. The summed E-state index contributed by atoms with van der Waals surface area (Å²) in [5.41, 5.74) is 1.19. The smallest absolute Gasteiger partial charge is 0.156 e. The maximum absolute atomic E-state index is 4.30. The Morgan fingerprint density at radius 1 is 1.54 bits per heavy atom. The molecule has 1 aliphatic rings. The molecule has 68 valence electrons. The van der Waals surface area contributed by atoms with Gasteiger partial charge in [0.05, 0.1) is 6.54 Å². The zero-order valence-electron chi connectivity index (χ0n) is 7.23. The molecule has 0 fully saturated rings. The van der Waals surface area contributed by atoms with Crippen LogP contribution in [0.2, 0.25) is 0 Å². The lowest BCUT2D eigenvalue weighted by Crippen LogP contribution is -2.18. The molecule has 0 atom stereocenters. The molecule has 0 bridgehead atoms. The molecular weight excluding hydrogens is 182 g/mol. The lowest BCUT2D eigenvalue weighted by atomic mass is 10.3. The van der Waals surface area contributed by atoms with Gasteiger partial charge in [-0.1, -0.05) is 17.8 Å². The van der Waals surface area contributed by atoms with Crippen LogP contribution in [0.5, 0.6) is 0 Å². The summed E-state index contributed by atoms with van der Waals surface area (Å²) in [6, 6.07) is 4.00. The highest BCUT2D eigenvalue weighted by Gasteiger charge is 2.05. The lowest BCUT2D eigenvalue weighted by Gasteiger charge is -2.03. The van der Waals surface area contributed by atoms with Gasteiger partial charge in [-0.15, -0.1) is 0 Å². The largest absolute Gasteiger partial charge is 0.361 e. The Kier molecular flexibility index (Phi) is 2.82. The number of pyridine rings is 1. The van der Waals surface area contributed by atoms with Crippen molar-refractivity contribution in [1.82, 2.24) is 10.3 Å². The standard InChI is InChI=1S/C9H11N3S/c1-2-8(6-10-3-1)7-12-9-11-4-5-13-9/h1-3,6H,4-5,7H2,(H,11,12). The van der Waals surface area contributed by atoms with E-state index in [-0.39, 0.29) is 0 Å².